The maximum absolute atomic E-state index is 13.1. The number of hydrogen-bond acceptors (Lipinski definition) is 2. The third kappa shape index (κ3) is 3.04. The Hall–Kier alpha value is -0.940. The summed E-state index contributed by atoms with van der Waals surface area (Å²) in [7, 11) is 0. The molecule has 1 aromatic carbocycles. The molecule has 0 unspecified atom stereocenters. The highest BCUT2D eigenvalue weighted by Gasteiger charge is 2.23. The van der Waals surface area contributed by atoms with Crippen LogP contribution in [-0.4, -0.2) is 29.9 Å². The summed E-state index contributed by atoms with van der Waals surface area (Å²) in [4.78, 5) is 13.7. The molecule has 1 fully saturated rings. The van der Waals surface area contributed by atoms with Gasteiger partial charge in [0.15, 0.2) is 0 Å². The third-order valence-electron chi connectivity index (χ3n) is 2.93. The maximum atomic E-state index is 13.1. The largest absolute Gasteiger partial charge is 0.341 e. The van der Waals surface area contributed by atoms with Crippen LogP contribution in [-0.2, 0) is 11.2 Å². The van der Waals surface area contributed by atoms with Crippen LogP contribution in [0, 0.1) is 5.82 Å². The number of rotatable bonds is 2. The smallest absolute Gasteiger partial charge is 0.227 e. The first-order valence-corrected chi connectivity index (χ1v) is 6.33. The zero-order chi connectivity index (χ0) is 12.4. The molecule has 92 valence electrons. The Morgan fingerprint density at radius 1 is 1.59 bits per heavy atom. The van der Waals surface area contributed by atoms with Crippen LogP contribution in [0.25, 0.3) is 0 Å². The number of amides is 1. The van der Waals surface area contributed by atoms with E-state index in [-0.39, 0.29) is 24.2 Å². The Balaban J connectivity index is 2.05. The van der Waals surface area contributed by atoms with Gasteiger partial charge in [-0.15, -0.1) is 0 Å². The predicted octanol–water partition coefficient (Wildman–Crippen LogP) is 1.69. The van der Waals surface area contributed by atoms with E-state index in [9.17, 15) is 9.18 Å². The Labute approximate surface area is 108 Å². The minimum Gasteiger partial charge on any atom is -0.341 e. The van der Waals surface area contributed by atoms with Crippen molar-refractivity contribution in [3.8, 4) is 0 Å². The lowest BCUT2D eigenvalue weighted by Gasteiger charge is -2.16. The molecule has 0 aliphatic carbocycles. The van der Waals surface area contributed by atoms with Gasteiger partial charge in [-0.2, -0.15) is 0 Å². The molecule has 2 N–H and O–H groups in total. The van der Waals surface area contributed by atoms with Gasteiger partial charge in [-0.3, -0.25) is 4.79 Å². The van der Waals surface area contributed by atoms with E-state index >= 15 is 0 Å². The van der Waals surface area contributed by atoms with Crippen molar-refractivity contribution in [2.24, 2.45) is 5.73 Å². The maximum Gasteiger partial charge on any atom is 0.227 e. The van der Waals surface area contributed by atoms with Crippen molar-refractivity contribution in [1.82, 2.24) is 4.90 Å². The minimum atomic E-state index is -0.325. The molecular weight excluding hydrogens is 287 g/mol. The number of nitrogens with zero attached hydrogens (tertiary/aromatic N) is 1. The highest BCUT2D eigenvalue weighted by atomic mass is 79.9. The lowest BCUT2D eigenvalue weighted by atomic mass is 10.1. The fraction of sp³-hybridized carbons (Fsp3) is 0.417. The van der Waals surface area contributed by atoms with E-state index in [1.807, 2.05) is 0 Å². The number of benzene rings is 1. The van der Waals surface area contributed by atoms with Crippen molar-refractivity contribution in [1.29, 1.82) is 0 Å². The van der Waals surface area contributed by atoms with Crippen LogP contribution in [0.15, 0.2) is 22.7 Å². The second-order valence-corrected chi connectivity index (χ2v) is 5.16. The van der Waals surface area contributed by atoms with Crippen LogP contribution >= 0.6 is 15.9 Å². The molecule has 3 nitrogen and oxygen atoms in total. The number of carbonyl (C=O) groups is 1. The summed E-state index contributed by atoms with van der Waals surface area (Å²) in [5.74, 6) is -0.321. The molecule has 1 aliphatic rings. The molecule has 1 amide bonds. The van der Waals surface area contributed by atoms with Crippen molar-refractivity contribution < 1.29 is 9.18 Å². The zero-order valence-corrected chi connectivity index (χ0v) is 10.9. The zero-order valence-electron chi connectivity index (χ0n) is 9.33. The lowest BCUT2D eigenvalue weighted by molar-refractivity contribution is -0.129. The summed E-state index contributed by atoms with van der Waals surface area (Å²) in [6.07, 6.45) is 1.06. The van der Waals surface area contributed by atoms with Crippen LogP contribution in [0.1, 0.15) is 12.0 Å². The molecule has 0 bridgehead atoms. The van der Waals surface area contributed by atoms with Crippen LogP contribution in [0.3, 0.4) is 0 Å². The van der Waals surface area contributed by atoms with E-state index in [1.54, 1.807) is 11.0 Å². The van der Waals surface area contributed by atoms with Gasteiger partial charge >= 0.3 is 0 Å². The molecule has 0 radical (unpaired) electrons. The van der Waals surface area contributed by atoms with Gasteiger partial charge in [-0.25, -0.2) is 4.39 Å². The highest BCUT2D eigenvalue weighted by Crippen LogP contribution is 2.20. The molecule has 0 spiro atoms. The predicted molar refractivity (Wildman–Crippen MR) is 67.0 cm³/mol. The van der Waals surface area contributed by atoms with Gasteiger partial charge in [-0.05, 0) is 30.2 Å². The van der Waals surface area contributed by atoms with E-state index in [2.05, 4.69) is 15.9 Å². The quantitative estimate of drug-likeness (QED) is 0.903. The first-order valence-electron chi connectivity index (χ1n) is 5.53. The Morgan fingerprint density at radius 3 is 3.00 bits per heavy atom. The number of nitrogens with two attached hydrogens (primary N) is 1. The molecule has 1 saturated heterocycles. The summed E-state index contributed by atoms with van der Waals surface area (Å²) >= 11 is 3.32. The Kier molecular flexibility index (Phi) is 3.79. The van der Waals surface area contributed by atoms with Crippen LogP contribution in [0.2, 0.25) is 0 Å². The lowest BCUT2D eigenvalue weighted by Crippen LogP contribution is -2.33. The molecule has 17 heavy (non-hydrogen) atoms. The van der Waals surface area contributed by atoms with Crippen molar-refractivity contribution in [2.45, 2.75) is 18.9 Å². The summed E-state index contributed by atoms with van der Waals surface area (Å²) in [5.41, 5.74) is 6.42. The number of halogens is 2. The molecule has 1 aliphatic heterocycles. The fourth-order valence-corrected chi connectivity index (χ4v) is 2.35. The van der Waals surface area contributed by atoms with Crippen molar-refractivity contribution in [3.05, 3.63) is 34.1 Å². The van der Waals surface area contributed by atoms with E-state index in [0.29, 0.717) is 18.7 Å². The van der Waals surface area contributed by atoms with Crippen molar-refractivity contribution in [2.75, 3.05) is 13.1 Å². The van der Waals surface area contributed by atoms with Gasteiger partial charge in [-0.1, -0.05) is 15.9 Å². The molecule has 1 heterocycles. The second kappa shape index (κ2) is 5.14. The Morgan fingerprint density at radius 2 is 2.35 bits per heavy atom. The molecule has 1 atom stereocenters. The van der Waals surface area contributed by atoms with Gasteiger partial charge < -0.3 is 10.6 Å². The molecular formula is C12H14BrFN2O. The van der Waals surface area contributed by atoms with Gasteiger partial charge in [0.2, 0.25) is 5.91 Å². The summed E-state index contributed by atoms with van der Waals surface area (Å²) in [5, 5.41) is 0. The molecule has 1 aromatic rings. The summed E-state index contributed by atoms with van der Waals surface area (Å²) in [6, 6.07) is 4.45. The number of carbonyl (C=O) groups excluding carboxylic acids is 1. The van der Waals surface area contributed by atoms with E-state index in [1.165, 1.54) is 12.1 Å². The summed E-state index contributed by atoms with van der Waals surface area (Å²) in [6.45, 7) is 1.30. The van der Waals surface area contributed by atoms with E-state index < -0.39 is 0 Å². The number of hydrogen-bond donors (Lipinski definition) is 1. The van der Waals surface area contributed by atoms with Gasteiger partial charge in [0.25, 0.3) is 0 Å². The molecule has 5 heteroatoms. The van der Waals surface area contributed by atoms with E-state index in [4.69, 9.17) is 5.73 Å². The SMILES string of the molecule is N[C@H]1CCN(C(=O)Cc2cc(F)ccc2Br)C1. The Bertz CT molecular complexity index is 439. The number of likely N-dealkylation sites (tertiary alicyclic amines) is 1. The topological polar surface area (TPSA) is 46.3 Å². The normalized spacial score (nSPS) is 19.7. The first-order chi connectivity index (χ1) is 8.06. The first kappa shape index (κ1) is 12.5. The third-order valence-corrected chi connectivity index (χ3v) is 3.70. The van der Waals surface area contributed by atoms with E-state index in [0.717, 1.165) is 10.9 Å². The van der Waals surface area contributed by atoms with Crippen LogP contribution < -0.4 is 5.73 Å². The van der Waals surface area contributed by atoms with Crippen molar-refractivity contribution in [3.63, 3.8) is 0 Å². The standard InChI is InChI=1S/C12H14BrFN2O/c13-11-2-1-9(14)5-8(11)6-12(17)16-4-3-10(15)7-16/h1-2,5,10H,3-4,6-7,15H2/t10-/m0/s1. The van der Waals surface area contributed by atoms with Crippen LogP contribution in [0.4, 0.5) is 4.39 Å². The fourth-order valence-electron chi connectivity index (χ4n) is 1.97. The van der Waals surface area contributed by atoms with Crippen LogP contribution in [0.5, 0.6) is 0 Å². The average molecular weight is 301 g/mol. The van der Waals surface area contributed by atoms with Gasteiger partial charge in [0.05, 0.1) is 6.42 Å². The molecule has 0 saturated carbocycles. The monoisotopic (exact) mass is 300 g/mol. The summed E-state index contributed by atoms with van der Waals surface area (Å²) < 4.78 is 13.8. The van der Waals surface area contributed by atoms with Gasteiger partial charge in [0.1, 0.15) is 5.82 Å². The highest BCUT2D eigenvalue weighted by molar-refractivity contribution is 9.10. The average Bonchev–Trinajstić information content (AvgIpc) is 2.70. The minimum absolute atomic E-state index is 0.00394. The van der Waals surface area contributed by atoms with Crippen molar-refractivity contribution >= 4 is 21.8 Å². The van der Waals surface area contributed by atoms with Gasteiger partial charge in [0, 0.05) is 23.6 Å². The second-order valence-electron chi connectivity index (χ2n) is 4.30. The molecule has 0 aromatic heterocycles. The molecule has 2 rings (SSSR count).